The minimum Gasteiger partial charge on any atom is -0.351 e. The monoisotopic (exact) mass is 323 g/mol. The van der Waals surface area contributed by atoms with E-state index in [-0.39, 0.29) is 22.6 Å². The van der Waals surface area contributed by atoms with Crippen molar-refractivity contribution < 1.29 is 9.72 Å². The highest BCUT2D eigenvalue weighted by Gasteiger charge is 2.28. The smallest absolute Gasteiger partial charge is 0.282 e. The first-order valence-electron chi connectivity index (χ1n) is 7.26. The summed E-state index contributed by atoms with van der Waals surface area (Å²) in [6.45, 7) is 4.55. The largest absolute Gasteiger partial charge is 0.351 e. The fraction of sp³-hybridized carbons (Fsp3) is 0.533. The maximum absolute atomic E-state index is 12.4. The Morgan fingerprint density at radius 2 is 2.14 bits per heavy atom. The molecule has 1 aliphatic rings. The van der Waals surface area contributed by atoms with Gasteiger partial charge in [-0.3, -0.25) is 14.9 Å². The fourth-order valence-electron chi connectivity index (χ4n) is 2.58. The van der Waals surface area contributed by atoms with Gasteiger partial charge in [-0.05, 0) is 49.7 Å². The van der Waals surface area contributed by atoms with Crippen LogP contribution in [0.5, 0.6) is 0 Å². The molecule has 0 unspecified atom stereocenters. The highest BCUT2D eigenvalue weighted by atomic mass is 32.2. The van der Waals surface area contributed by atoms with Gasteiger partial charge in [0.1, 0.15) is 5.56 Å². The lowest BCUT2D eigenvalue weighted by molar-refractivity contribution is -0.385. The van der Waals surface area contributed by atoms with Crippen LogP contribution in [-0.4, -0.2) is 36.7 Å². The van der Waals surface area contributed by atoms with Crippen LogP contribution in [-0.2, 0) is 0 Å². The Hall–Kier alpha value is -1.60. The predicted octanol–water partition coefficient (Wildman–Crippen LogP) is 2.44. The second kappa shape index (κ2) is 7.11. The number of hydrogen-bond acceptors (Lipinski definition) is 5. The lowest BCUT2D eigenvalue weighted by Crippen LogP contribution is -2.43. The Bertz CT molecular complexity index is 571. The van der Waals surface area contributed by atoms with Gasteiger partial charge in [-0.25, -0.2) is 0 Å². The van der Waals surface area contributed by atoms with Crippen LogP contribution < -0.4 is 10.6 Å². The van der Waals surface area contributed by atoms with Gasteiger partial charge in [-0.1, -0.05) is 6.92 Å². The summed E-state index contributed by atoms with van der Waals surface area (Å²) in [4.78, 5) is 23.8. The normalized spacial score (nSPS) is 17.0. The predicted molar refractivity (Wildman–Crippen MR) is 87.4 cm³/mol. The van der Waals surface area contributed by atoms with Crippen LogP contribution in [0.4, 0.5) is 5.69 Å². The molecule has 120 valence electrons. The number of piperidine rings is 1. The summed E-state index contributed by atoms with van der Waals surface area (Å²) in [7, 11) is 0. The van der Waals surface area contributed by atoms with E-state index in [4.69, 9.17) is 0 Å². The number of carbonyl (C=O) groups is 1. The van der Waals surface area contributed by atoms with E-state index in [0.29, 0.717) is 6.54 Å². The van der Waals surface area contributed by atoms with Gasteiger partial charge in [-0.2, -0.15) is 0 Å². The summed E-state index contributed by atoms with van der Waals surface area (Å²) in [5, 5.41) is 17.3. The molecule has 1 heterocycles. The number of benzene rings is 1. The Morgan fingerprint density at radius 1 is 1.45 bits per heavy atom. The number of rotatable bonds is 5. The Kier molecular flexibility index (Phi) is 5.42. The average Bonchev–Trinajstić information content (AvgIpc) is 2.52. The second-order valence-electron chi connectivity index (χ2n) is 5.88. The number of carbonyl (C=O) groups excluding carboxylic acids is 1. The molecular weight excluding hydrogens is 302 g/mol. The molecule has 2 N–H and O–H groups in total. The summed E-state index contributed by atoms with van der Waals surface area (Å²) < 4.78 is 0. The van der Waals surface area contributed by atoms with E-state index < -0.39 is 4.92 Å². The van der Waals surface area contributed by atoms with E-state index in [0.717, 1.165) is 30.8 Å². The van der Waals surface area contributed by atoms with E-state index in [1.54, 1.807) is 12.1 Å². The van der Waals surface area contributed by atoms with Crippen molar-refractivity contribution in [1.29, 1.82) is 0 Å². The van der Waals surface area contributed by atoms with Crippen molar-refractivity contribution in [1.82, 2.24) is 10.6 Å². The Balaban J connectivity index is 2.12. The van der Waals surface area contributed by atoms with Crippen molar-refractivity contribution in [2.45, 2.75) is 24.7 Å². The Labute approximate surface area is 134 Å². The van der Waals surface area contributed by atoms with E-state index in [1.807, 2.05) is 6.26 Å². The van der Waals surface area contributed by atoms with E-state index in [1.165, 1.54) is 17.8 Å². The molecule has 0 aliphatic carbocycles. The van der Waals surface area contributed by atoms with Crippen molar-refractivity contribution in [3.63, 3.8) is 0 Å². The Morgan fingerprint density at radius 3 is 2.73 bits per heavy atom. The number of nitro benzene ring substituents is 1. The SMILES string of the molecule is CSc1ccc([N+](=O)[O-])c(C(=O)NCC2(C)CCNCC2)c1. The van der Waals surface area contributed by atoms with Crippen LogP contribution in [0.2, 0.25) is 0 Å². The zero-order chi connectivity index (χ0) is 16.2. The lowest BCUT2D eigenvalue weighted by Gasteiger charge is -2.34. The lowest BCUT2D eigenvalue weighted by atomic mass is 9.81. The van der Waals surface area contributed by atoms with Gasteiger partial charge in [0.2, 0.25) is 0 Å². The molecule has 6 nitrogen and oxygen atoms in total. The maximum Gasteiger partial charge on any atom is 0.282 e. The third-order valence-electron chi connectivity index (χ3n) is 4.13. The highest BCUT2D eigenvalue weighted by molar-refractivity contribution is 7.98. The van der Waals surface area contributed by atoms with Crippen molar-refractivity contribution >= 4 is 23.4 Å². The molecule has 22 heavy (non-hydrogen) atoms. The second-order valence-corrected chi connectivity index (χ2v) is 6.76. The van der Waals surface area contributed by atoms with Gasteiger partial charge in [0.25, 0.3) is 11.6 Å². The first kappa shape index (κ1) is 16.8. The highest BCUT2D eigenvalue weighted by Crippen LogP contribution is 2.28. The molecule has 1 saturated heterocycles. The van der Waals surface area contributed by atoms with Crippen LogP contribution in [0.1, 0.15) is 30.1 Å². The third kappa shape index (κ3) is 3.98. The zero-order valence-corrected chi connectivity index (χ0v) is 13.7. The molecule has 1 aromatic carbocycles. The van der Waals surface area contributed by atoms with E-state index in [9.17, 15) is 14.9 Å². The van der Waals surface area contributed by atoms with Gasteiger partial charge in [0.15, 0.2) is 0 Å². The summed E-state index contributed by atoms with van der Waals surface area (Å²) in [5.41, 5.74) is 0.0347. The number of thioether (sulfide) groups is 1. The molecule has 0 bridgehead atoms. The van der Waals surface area contributed by atoms with E-state index in [2.05, 4.69) is 17.6 Å². The van der Waals surface area contributed by atoms with Crippen molar-refractivity contribution in [3.05, 3.63) is 33.9 Å². The summed E-state index contributed by atoms with van der Waals surface area (Å²) in [6, 6.07) is 4.64. The number of hydrogen-bond donors (Lipinski definition) is 2. The summed E-state index contributed by atoms with van der Waals surface area (Å²) >= 11 is 1.46. The first-order chi connectivity index (χ1) is 10.4. The molecular formula is C15H21N3O3S. The first-order valence-corrected chi connectivity index (χ1v) is 8.49. The van der Waals surface area contributed by atoms with Gasteiger partial charge in [-0.15, -0.1) is 11.8 Å². The van der Waals surface area contributed by atoms with Gasteiger partial charge in [0.05, 0.1) is 4.92 Å². The van der Waals surface area contributed by atoms with E-state index >= 15 is 0 Å². The summed E-state index contributed by atoms with van der Waals surface area (Å²) in [6.07, 6.45) is 3.85. The van der Waals surface area contributed by atoms with Gasteiger partial charge < -0.3 is 10.6 Å². The van der Waals surface area contributed by atoms with Crippen LogP contribution in [0.25, 0.3) is 0 Å². The minimum atomic E-state index is -0.509. The number of nitrogens with one attached hydrogen (secondary N) is 2. The molecule has 0 spiro atoms. The molecule has 0 aromatic heterocycles. The fourth-order valence-corrected chi connectivity index (χ4v) is 3.02. The topological polar surface area (TPSA) is 84.3 Å². The van der Waals surface area contributed by atoms with Crippen LogP contribution in [0, 0.1) is 15.5 Å². The number of nitro groups is 1. The number of nitrogens with zero attached hydrogens (tertiary/aromatic N) is 1. The molecule has 1 aliphatic heterocycles. The maximum atomic E-state index is 12.4. The molecule has 0 saturated carbocycles. The molecule has 1 aromatic rings. The molecule has 7 heteroatoms. The summed E-state index contributed by atoms with van der Waals surface area (Å²) in [5.74, 6) is -0.373. The van der Waals surface area contributed by atoms with Crippen molar-refractivity contribution in [3.8, 4) is 0 Å². The standard InChI is InChI=1S/C15H21N3O3S/c1-15(5-7-16-8-6-15)10-17-14(19)12-9-11(22-2)3-4-13(12)18(20)21/h3-4,9,16H,5-8,10H2,1-2H3,(H,17,19). The molecule has 0 atom stereocenters. The van der Waals surface area contributed by atoms with Crippen molar-refractivity contribution in [2.75, 3.05) is 25.9 Å². The van der Waals surface area contributed by atoms with Crippen LogP contribution >= 0.6 is 11.8 Å². The minimum absolute atomic E-state index is 0.0484. The van der Waals surface area contributed by atoms with Crippen molar-refractivity contribution in [2.24, 2.45) is 5.41 Å². The van der Waals surface area contributed by atoms with Crippen LogP contribution in [0.3, 0.4) is 0 Å². The molecule has 0 radical (unpaired) electrons. The molecule has 1 fully saturated rings. The van der Waals surface area contributed by atoms with Gasteiger partial charge >= 0.3 is 0 Å². The molecule has 1 amide bonds. The zero-order valence-electron chi connectivity index (χ0n) is 12.8. The van der Waals surface area contributed by atoms with Crippen LogP contribution in [0.15, 0.2) is 23.1 Å². The average molecular weight is 323 g/mol. The quantitative estimate of drug-likeness (QED) is 0.494. The van der Waals surface area contributed by atoms with Gasteiger partial charge in [0, 0.05) is 17.5 Å². The number of amides is 1. The molecule has 2 rings (SSSR count). The third-order valence-corrected chi connectivity index (χ3v) is 4.86.